The van der Waals surface area contributed by atoms with E-state index in [0.29, 0.717) is 0 Å². The van der Waals surface area contributed by atoms with Gasteiger partial charge in [0.1, 0.15) is 0 Å². The Balaban J connectivity index is -0.000000274. The van der Waals surface area contributed by atoms with Crippen LogP contribution in [0, 0.1) is 31.4 Å². The second-order valence-corrected chi connectivity index (χ2v) is 5.64. The third kappa shape index (κ3) is 7.70. The maximum atomic E-state index is 3.44. The van der Waals surface area contributed by atoms with Crippen LogP contribution in [0.5, 0.6) is 0 Å². The molecule has 0 amide bonds. The minimum Gasteiger partial charge on any atom is -1.00 e. The molecule has 0 aliphatic heterocycles. The van der Waals surface area contributed by atoms with Crippen molar-refractivity contribution >= 4 is 0 Å². The molecule has 0 atom stereocenters. The van der Waals surface area contributed by atoms with Crippen molar-refractivity contribution in [3.05, 3.63) is 58.2 Å². The van der Waals surface area contributed by atoms with Gasteiger partial charge in [-0.25, -0.2) is 5.57 Å². The van der Waals surface area contributed by atoms with Gasteiger partial charge in [-0.1, -0.05) is 47.0 Å². The fourth-order valence-corrected chi connectivity index (χ4v) is 2.14. The van der Waals surface area contributed by atoms with Crippen molar-refractivity contribution in [2.24, 2.45) is 5.41 Å². The van der Waals surface area contributed by atoms with Gasteiger partial charge in [0, 0.05) is 0 Å². The smallest absolute Gasteiger partial charge is 1.00 e. The fourth-order valence-electron chi connectivity index (χ4n) is 2.14. The quantitative estimate of drug-likeness (QED) is 0.421. The van der Waals surface area contributed by atoms with Crippen molar-refractivity contribution < 1.29 is 46.5 Å². The van der Waals surface area contributed by atoms with E-state index in [4.69, 9.17) is 0 Å². The summed E-state index contributed by atoms with van der Waals surface area (Å²) in [6.45, 7) is 15.0. The maximum Gasteiger partial charge on any atom is 4.00 e. The van der Waals surface area contributed by atoms with Gasteiger partial charge in [0.05, 0.1) is 0 Å². The molecule has 21 heavy (non-hydrogen) atoms. The summed E-state index contributed by atoms with van der Waals surface area (Å²) in [5.41, 5.74) is 6.82. The van der Waals surface area contributed by atoms with Crippen molar-refractivity contribution in [1.29, 1.82) is 0 Å². The zero-order valence-corrected chi connectivity index (χ0v) is 17.1. The van der Waals surface area contributed by atoms with E-state index < -0.39 is 0 Å². The van der Waals surface area contributed by atoms with Gasteiger partial charge < -0.3 is 24.8 Å². The van der Waals surface area contributed by atoms with Gasteiger partial charge in [-0.3, -0.25) is 6.08 Å². The van der Waals surface area contributed by atoms with Crippen LogP contribution >= 0.6 is 0 Å². The molecule has 0 fully saturated rings. The van der Waals surface area contributed by atoms with Crippen LogP contribution in [0.15, 0.2) is 34.9 Å². The maximum absolute atomic E-state index is 3.44. The van der Waals surface area contributed by atoms with Crippen LogP contribution < -0.4 is 24.8 Å². The van der Waals surface area contributed by atoms with E-state index in [0.717, 1.165) is 0 Å². The molecule has 0 heterocycles. The molecular weight excluding hydrogens is 335 g/mol. The summed E-state index contributed by atoms with van der Waals surface area (Å²) in [6, 6.07) is 9.31. The van der Waals surface area contributed by atoms with Gasteiger partial charge in [-0.2, -0.15) is 46.5 Å². The van der Waals surface area contributed by atoms with Crippen molar-refractivity contribution in [1.82, 2.24) is 0 Å². The summed E-state index contributed by atoms with van der Waals surface area (Å²) in [5.74, 6) is 0. The van der Waals surface area contributed by atoms with E-state index in [1.54, 1.807) is 0 Å². The summed E-state index contributed by atoms with van der Waals surface area (Å²) in [6.07, 6.45) is 3.44. The van der Waals surface area contributed by atoms with Crippen molar-refractivity contribution in [3.63, 3.8) is 0 Å². The summed E-state index contributed by atoms with van der Waals surface area (Å²) in [7, 11) is 0. The zero-order valence-electron chi connectivity index (χ0n) is 14.0. The summed E-state index contributed by atoms with van der Waals surface area (Å²) >= 11 is 0. The zero-order chi connectivity index (χ0) is 13.9. The topological polar surface area (TPSA) is 0 Å². The Morgan fingerprint density at radius 3 is 1.43 bits per heavy atom. The van der Waals surface area contributed by atoms with Crippen molar-refractivity contribution in [2.75, 3.05) is 0 Å². The molecule has 0 bridgehead atoms. The van der Waals surface area contributed by atoms with Crippen LogP contribution in [0.3, 0.4) is 0 Å². The Kier molecular flexibility index (Phi) is 13.2. The van der Waals surface area contributed by atoms with Crippen LogP contribution in [0.4, 0.5) is 0 Å². The minimum atomic E-state index is 0. The van der Waals surface area contributed by atoms with Crippen molar-refractivity contribution in [3.8, 4) is 0 Å². The average molecular weight is 359 g/mol. The predicted octanol–water partition coefficient (Wildman–Crippen LogP) is -0.779. The standard InChI is InChI=1S/C10H15.C8H9.2ClH.Ti/c1-7-6-10(4,5)9(3)8(7)2;1-7-4-3-5-8(2)6-7;;;/h1-5H3;3-5H,1-2H3;2*1H;/q2*-1;;;+4/p-2. The molecule has 0 unspecified atom stereocenters. The first-order valence-corrected chi connectivity index (χ1v) is 6.49. The van der Waals surface area contributed by atoms with Crippen LogP contribution in [0.2, 0.25) is 0 Å². The molecule has 1 aliphatic rings. The van der Waals surface area contributed by atoms with Gasteiger partial charge >= 0.3 is 21.7 Å². The largest absolute Gasteiger partial charge is 4.00 e. The van der Waals surface area contributed by atoms with E-state index in [9.17, 15) is 0 Å². The first kappa shape index (κ1) is 25.9. The van der Waals surface area contributed by atoms with E-state index in [-0.39, 0.29) is 51.9 Å². The summed E-state index contributed by atoms with van der Waals surface area (Å²) in [4.78, 5) is 0. The normalized spacial score (nSPS) is 14.7. The number of hydrogen-bond acceptors (Lipinski definition) is 0. The van der Waals surface area contributed by atoms with Gasteiger partial charge in [0.25, 0.3) is 0 Å². The number of benzene rings is 1. The van der Waals surface area contributed by atoms with Crippen LogP contribution in [0.1, 0.15) is 45.7 Å². The van der Waals surface area contributed by atoms with Crippen LogP contribution in [-0.4, -0.2) is 0 Å². The number of allylic oxidation sites excluding steroid dienone is 4. The molecule has 0 saturated carbocycles. The van der Waals surface area contributed by atoms with Crippen molar-refractivity contribution in [2.45, 2.75) is 48.5 Å². The summed E-state index contributed by atoms with van der Waals surface area (Å²) in [5, 5.41) is 0. The SMILES string of the molecule is CC1=[C-]C(C)(C)C(C)=C1C.Cc1[c-]c(C)ccc1.[Cl-].[Cl-].[Ti+4]. The minimum absolute atomic E-state index is 0. The Hall–Kier alpha value is -0.00571. The molecule has 0 N–H and O–H groups in total. The fraction of sp³-hybridized carbons (Fsp3) is 0.444. The molecule has 114 valence electrons. The van der Waals surface area contributed by atoms with E-state index in [2.05, 4.69) is 46.8 Å². The Labute approximate surface area is 158 Å². The third-order valence-corrected chi connectivity index (χ3v) is 3.65. The molecular formula is C18H24Cl2Ti. The summed E-state index contributed by atoms with van der Waals surface area (Å²) < 4.78 is 0. The first-order valence-electron chi connectivity index (χ1n) is 6.49. The van der Waals surface area contributed by atoms with Crippen LogP contribution in [-0.2, 0) is 21.7 Å². The van der Waals surface area contributed by atoms with E-state index in [1.807, 2.05) is 32.0 Å². The Morgan fingerprint density at radius 2 is 1.29 bits per heavy atom. The predicted molar refractivity (Wildman–Crippen MR) is 79.3 cm³/mol. The third-order valence-electron chi connectivity index (χ3n) is 3.65. The molecule has 1 aliphatic carbocycles. The molecule has 3 heteroatoms. The molecule has 1 aromatic carbocycles. The Morgan fingerprint density at radius 1 is 0.857 bits per heavy atom. The van der Waals surface area contributed by atoms with Crippen LogP contribution in [0.25, 0.3) is 0 Å². The van der Waals surface area contributed by atoms with E-state index in [1.165, 1.54) is 27.8 Å². The average Bonchev–Trinajstić information content (AvgIpc) is 2.42. The van der Waals surface area contributed by atoms with Gasteiger partial charge in [-0.05, 0) is 0 Å². The number of hydrogen-bond donors (Lipinski definition) is 0. The number of halogens is 2. The van der Waals surface area contributed by atoms with Gasteiger partial charge in [0.2, 0.25) is 0 Å². The monoisotopic (exact) mass is 358 g/mol. The first-order chi connectivity index (χ1) is 8.24. The molecule has 0 radical (unpaired) electrons. The second kappa shape index (κ2) is 10.7. The number of rotatable bonds is 0. The molecule has 1 aromatic rings. The van der Waals surface area contributed by atoms with Gasteiger partial charge in [-0.15, -0.1) is 6.92 Å². The molecule has 0 aromatic heterocycles. The van der Waals surface area contributed by atoms with Gasteiger partial charge in [0.15, 0.2) is 0 Å². The molecule has 0 nitrogen and oxygen atoms in total. The second-order valence-electron chi connectivity index (χ2n) is 5.64. The molecule has 2 rings (SSSR count). The number of aryl methyl sites for hydroxylation is 2. The molecule has 0 saturated heterocycles. The van der Waals surface area contributed by atoms with E-state index >= 15 is 0 Å². The molecule has 0 spiro atoms. The Bertz CT molecular complexity index is 482.